The first-order valence-electron chi connectivity index (χ1n) is 7.63. The Morgan fingerprint density at radius 3 is 1.12 bits per heavy atom. The van der Waals surface area contributed by atoms with Gasteiger partial charge in [-0.05, 0) is 48.5 Å². The van der Waals surface area contributed by atoms with Crippen LogP contribution in [0.5, 0.6) is 0 Å². The number of rotatable bonds is 2. The lowest BCUT2D eigenvalue weighted by Gasteiger charge is -2.23. The molecule has 0 radical (unpaired) electrons. The summed E-state index contributed by atoms with van der Waals surface area (Å²) < 4.78 is 0. The lowest BCUT2D eigenvalue weighted by atomic mass is 10.2. The molecule has 2 rings (SSSR count). The molecule has 134 valence electrons. The summed E-state index contributed by atoms with van der Waals surface area (Å²) in [5, 5.41) is 0. The van der Waals surface area contributed by atoms with Crippen LogP contribution in [0.25, 0.3) is 0 Å². The second kappa shape index (κ2) is 7.47. The van der Waals surface area contributed by atoms with Gasteiger partial charge >= 0.3 is 11.8 Å². The van der Waals surface area contributed by atoms with E-state index in [1.807, 2.05) is 0 Å². The van der Waals surface area contributed by atoms with Crippen LogP contribution in [0.15, 0.2) is 48.5 Å². The highest BCUT2D eigenvalue weighted by Crippen LogP contribution is 2.21. The van der Waals surface area contributed by atoms with Crippen LogP contribution in [0, 0.1) is 0 Å². The molecule has 0 fully saturated rings. The third-order valence-electron chi connectivity index (χ3n) is 3.52. The highest BCUT2D eigenvalue weighted by atomic mass is 16.2. The average molecular weight is 354 g/mol. The molecule has 0 aliphatic carbocycles. The van der Waals surface area contributed by atoms with Crippen molar-refractivity contribution >= 4 is 46.4 Å². The minimum Gasteiger partial charge on any atom is -0.399 e. The van der Waals surface area contributed by atoms with Gasteiger partial charge in [0, 0.05) is 25.2 Å². The molecule has 2 aromatic rings. The first-order chi connectivity index (χ1) is 12.2. The summed E-state index contributed by atoms with van der Waals surface area (Å²) in [5.74, 6) is -3.66. The van der Waals surface area contributed by atoms with Crippen molar-refractivity contribution in [2.24, 2.45) is 0 Å². The zero-order chi connectivity index (χ0) is 19.4. The number of benzene rings is 2. The fourth-order valence-corrected chi connectivity index (χ4v) is 2.32. The molecular formula is C18H18N4O4. The van der Waals surface area contributed by atoms with Crippen molar-refractivity contribution in [1.82, 2.24) is 0 Å². The molecule has 8 nitrogen and oxygen atoms in total. The third-order valence-corrected chi connectivity index (χ3v) is 3.52. The summed E-state index contributed by atoms with van der Waals surface area (Å²) in [5.41, 5.74) is 12.4. The van der Waals surface area contributed by atoms with Crippen LogP contribution >= 0.6 is 0 Å². The maximum atomic E-state index is 12.7. The Bertz CT molecular complexity index is 786. The summed E-state index contributed by atoms with van der Waals surface area (Å²) >= 11 is 0. The summed E-state index contributed by atoms with van der Waals surface area (Å²) in [6.07, 6.45) is 0. The van der Waals surface area contributed by atoms with E-state index in [2.05, 4.69) is 0 Å². The van der Waals surface area contributed by atoms with Crippen LogP contribution in [0.1, 0.15) is 13.8 Å². The lowest BCUT2D eigenvalue weighted by Crippen LogP contribution is -2.49. The first-order valence-corrected chi connectivity index (χ1v) is 7.63. The number of imide groups is 2. The summed E-state index contributed by atoms with van der Waals surface area (Å²) in [4.78, 5) is 50.6. The van der Waals surface area contributed by atoms with E-state index in [9.17, 15) is 19.2 Å². The van der Waals surface area contributed by atoms with E-state index in [1.165, 1.54) is 48.5 Å². The van der Waals surface area contributed by atoms with Gasteiger partial charge in [-0.25, -0.2) is 9.80 Å². The molecule has 0 saturated heterocycles. The standard InChI is InChI=1S/C18H18N4O4/c1-11(23)21(15-7-3-13(19)4-8-15)17(25)18(26)22(12(2)24)16-9-5-14(20)6-10-16/h3-10H,19-20H2,1-2H3. The van der Waals surface area contributed by atoms with Crippen LogP contribution in [0.3, 0.4) is 0 Å². The maximum Gasteiger partial charge on any atom is 0.324 e. The van der Waals surface area contributed by atoms with Gasteiger partial charge in [0.25, 0.3) is 0 Å². The molecule has 2 aromatic carbocycles. The minimum absolute atomic E-state index is 0.172. The molecule has 0 saturated carbocycles. The predicted molar refractivity (Wildman–Crippen MR) is 98.0 cm³/mol. The van der Waals surface area contributed by atoms with Crippen molar-refractivity contribution in [3.63, 3.8) is 0 Å². The topological polar surface area (TPSA) is 127 Å². The Morgan fingerprint density at radius 2 is 0.885 bits per heavy atom. The summed E-state index contributed by atoms with van der Waals surface area (Å²) in [7, 11) is 0. The number of hydrogen-bond donors (Lipinski definition) is 2. The van der Waals surface area contributed by atoms with Crippen LogP contribution in [-0.4, -0.2) is 23.6 Å². The van der Waals surface area contributed by atoms with Crippen molar-refractivity contribution in [2.45, 2.75) is 13.8 Å². The van der Waals surface area contributed by atoms with Gasteiger partial charge in [-0.2, -0.15) is 0 Å². The predicted octanol–water partition coefficient (Wildman–Crippen LogP) is 1.31. The van der Waals surface area contributed by atoms with Gasteiger partial charge < -0.3 is 11.5 Å². The Kier molecular flexibility index (Phi) is 5.36. The number of amides is 4. The monoisotopic (exact) mass is 354 g/mol. The second-order valence-corrected chi connectivity index (χ2v) is 5.50. The van der Waals surface area contributed by atoms with Crippen molar-refractivity contribution in [1.29, 1.82) is 0 Å². The van der Waals surface area contributed by atoms with Crippen LogP contribution < -0.4 is 21.3 Å². The lowest BCUT2D eigenvalue weighted by molar-refractivity contribution is -0.139. The third kappa shape index (κ3) is 3.86. The van der Waals surface area contributed by atoms with Crippen molar-refractivity contribution in [3.05, 3.63) is 48.5 Å². The van der Waals surface area contributed by atoms with Gasteiger partial charge in [-0.15, -0.1) is 0 Å². The Hall–Kier alpha value is -3.68. The van der Waals surface area contributed by atoms with Crippen molar-refractivity contribution < 1.29 is 19.2 Å². The fraction of sp³-hybridized carbons (Fsp3) is 0.111. The first kappa shape index (κ1) is 18.7. The molecule has 0 spiro atoms. The Balaban J connectivity index is 2.41. The SMILES string of the molecule is CC(=O)N(C(=O)C(=O)N(C(C)=O)c1ccc(N)cc1)c1ccc(N)cc1. The van der Waals surface area contributed by atoms with E-state index in [1.54, 1.807) is 0 Å². The average Bonchev–Trinajstić information content (AvgIpc) is 2.58. The molecule has 0 heterocycles. The smallest absolute Gasteiger partial charge is 0.324 e. The Labute approximate surface area is 150 Å². The number of nitrogens with zero attached hydrogens (tertiary/aromatic N) is 2. The van der Waals surface area contributed by atoms with E-state index in [0.29, 0.717) is 21.2 Å². The van der Waals surface area contributed by atoms with E-state index in [0.717, 1.165) is 13.8 Å². The van der Waals surface area contributed by atoms with E-state index < -0.39 is 23.6 Å². The number of carbonyl (C=O) groups is 4. The molecule has 26 heavy (non-hydrogen) atoms. The zero-order valence-corrected chi connectivity index (χ0v) is 14.3. The van der Waals surface area contributed by atoms with E-state index in [4.69, 9.17) is 11.5 Å². The van der Waals surface area contributed by atoms with E-state index in [-0.39, 0.29) is 11.4 Å². The summed E-state index contributed by atoms with van der Waals surface area (Å²) in [6, 6.07) is 11.7. The fourth-order valence-electron chi connectivity index (χ4n) is 2.32. The highest BCUT2D eigenvalue weighted by Gasteiger charge is 2.33. The second-order valence-electron chi connectivity index (χ2n) is 5.50. The summed E-state index contributed by atoms with van der Waals surface area (Å²) in [6.45, 7) is 2.28. The normalized spacial score (nSPS) is 10.1. The number of carbonyl (C=O) groups excluding carboxylic acids is 4. The molecule has 0 unspecified atom stereocenters. The van der Waals surface area contributed by atoms with Gasteiger partial charge in [-0.3, -0.25) is 19.2 Å². The van der Waals surface area contributed by atoms with Crippen molar-refractivity contribution in [3.8, 4) is 0 Å². The molecule has 4 amide bonds. The van der Waals surface area contributed by atoms with Crippen molar-refractivity contribution in [2.75, 3.05) is 21.3 Å². The largest absolute Gasteiger partial charge is 0.399 e. The minimum atomic E-state index is -1.16. The molecule has 0 bridgehead atoms. The maximum absolute atomic E-state index is 12.7. The number of nitrogens with two attached hydrogens (primary N) is 2. The molecule has 4 N–H and O–H groups in total. The Morgan fingerprint density at radius 1 is 0.615 bits per heavy atom. The van der Waals surface area contributed by atoms with Crippen LogP contribution in [0.2, 0.25) is 0 Å². The van der Waals surface area contributed by atoms with Gasteiger partial charge in [0.15, 0.2) is 0 Å². The van der Waals surface area contributed by atoms with Gasteiger partial charge in [-0.1, -0.05) is 0 Å². The molecule has 8 heteroatoms. The molecule has 0 atom stereocenters. The quantitative estimate of drug-likeness (QED) is 0.618. The number of hydrogen-bond acceptors (Lipinski definition) is 6. The molecule has 0 aliphatic rings. The van der Waals surface area contributed by atoms with Gasteiger partial charge in [0.1, 0.15) is 0 Å². The van der Waals surface area contributed by atoms with Gasteiger partial charge in [0.2, 0.25) is 11.8 Å². The highest BCUT2D eigenvalue weighted by molar-refractivity contribution is 6.52. The van der Waals surface area contributed by atoms with Crippen LogP contribution in [0.4, 0.5) is 22.7 Å². The van der Waals surface area contributed by atoms with Gasteiger partial charge in [0.05, 0.1) is 11.4 Å². The number of nitrogen functional groups attached to an aromatic ring is 2. The van der Waals surface area contributed by atoms with E-state index >= 15 is 0 Å². The number of anilines is 4. The molecule has 0 aromatic heterocycles. The zero-order valence-electron chi connectivity index (χ0n) is 14.3. The molecule has 0 aliphatic heterocycles. The molecular weight excluding hydrogens is 336 g/mol. The van der Waals surface area contributed by atoms with Crippen LogP contribution in [-0.2, 0) is 19.2 Å².